The summed E-state index contributed by atoms with van der Waals surface area (Å²) in [6, 6.07) is 0.118. The number of aromatic nitrogens is 2. The Hall–Kier alpha value is -1.69. The third kappa shape index (κ3) is 2.35. The van der Waals surface area contributed by atoms with Gasteiger partial charge in [0.25, 0.3) is 5.91 Å². The van der Waals surface area contributed by atoms with Gasteiger partial charge in [0.1, 0.15) is 0 Å². The fraction of sp³-hybridized carbons (Fsp3) is 0.643. The van der Waals surface area contributed by atoms with Crippen LogP contribution in [0.2, 0.25) is 0 Å². The summed E-state index contributed by atoms with van der Waals surface area (Å²) in [5.74, 6) is -0.0218. The first-order chi connectivity index (χ1) is 9.39. The molecule has 2 atom stereocenters. The fourth-order valence-electron chi connectivity index (χ4n) is 2.83. The molecule has 1 heterocycles. The van der Waals surface area contributed by atoms with Crippen molar-refractivity contribution in [1.82, 2.24) is 14.9 Å². The van der Waals surface area contributed by atoms with Crippen LogP contribution in [0.1, 0.15) is 37.7 Å². The molecule has 0 spiro atoms. The second kappa shape index (κ2) is 5.36. The van der Waals surface area contributed by atoms with Crippen LogP contribution in [0.25, 0.3) is 0 Å². The second-order valence-corrected chi connectivity index (χ2v) is 5.72. The molecule has 1 aliphatic rings. The number of hydrogen-bond donors (Lipinski definition) is 1. The van der Waals surface area contributed by atoms with E-state index in [0.29, 0.717) is 6.61 Å². The molecule has 2 N–H and O–H groups in total. The fourth-order valence-corrected chi connectivity index (χ4v) is 2.83. The summed E-state index contributed by atoms with van der Waals surface area (Å²) in [4.78, 5) is 22.1. The highest BCUT2D eigenvalue weighted by Crippen LogP contribution is 2.45. The Morgan fingerprint density at radius 1 is 1.50 bits per heavy atom. The van der Waals surface area contributed by atoms with Gasteiger partial charge < -0.3 is 15.4 Å². The minimum absolute atomic E-state index is 0.0720. The van der Waals surface area contributed by atoms with Crippen molar-refractivity contribution in [2.45, 2.75) is 39.3 Å². The minimum Gasteiger partial charge on any atom is -0.382 e. The zero-order chi connectivity index (χ0) is 14.9. The van der Waals surface area contributed by atoms with Crippen LogP contribution in [0.4, 0.5) is 5.82 Å². The van der Waals surface area contributed by atoms with Gasteiger partial charge in [-0.2, -0.15) is 0 Å². The van der Waals surface area contributed by atoms with Gasteiger partial charge in [-0.3, -0.25) is 4.79 Å². The van der Waals surface area contributed by atoms with Gasteiger partial charge in [-0.15, -0.1) is 0 Å². The lowest BCUT2D eigenvalue weighted by Gasteiger charge is -2.54. The zero-order valence-electron chi connectivity index (χ0n) is 12.5. The van der Waals surface area contributed by atoms with Gasteiger partial charge in [0, 0.05) is 37.5 Å². The number of rotatable bonds is 4. The van der Waals surface area contributed by atoms with Gasteiger partial charge in [0.15, 0.2) is 11.5 Å². The molecular weight excluding hydrogens is 256 g/mol. The zero-order valence-corrected chi connectivity index (χ0v) is 12.5. The molecule has 1 fully saturated rings. The van der Waals surface area contributed by atoms with E-state index in [1.54, 1.807) is 11.9 Å². The molecule has 1 aromatic heterocycles. The summed E-state index contributed by atoms with van der Waals surface area (Å²) in [6.07, 6.45) is 3.98. The first-order valence-corrected chi connectivity index (χ1v) is 6.84. The summed E-state index contributed by atoms with van der Waals surface area (Å²) in [6.45, 7) is 6.91. The van der Waals surface area contributed by atoms with Crippen molar-refractivity contribution in [2.75, 3.05) is 19.4 Å². The largest absolute Gasteiger partial charge is 0.382 e. The molecule has 20 heavy (non-hydrogen) atoms. The first kappa shape index (κ1) is 14.7. The van der Waals surface area contributed by atoms with Crippen LogP contribution >= 0.6 is 0 Å². The summed E-state index contributed by atoms with van der Waals surface area (Å²) < 4.78 is 5.69. The molecule has 2 rings (SSSR count). The van der Waals surface area contributed by atoms with E-state index in [0.717, 1.165) is 6.42 Å². The van der Waals surface area contributed by atoms with Crippen molar-refractivity contribution in [3.63, 3.8) is 0 Å². The van der Waals surface area contributed by atoms with Crippen molar-refractivity contribution >= 4 is 11.7 Å². The molecule has 2 unspecified atom stereocenters. The number of ether oxygens (including phenoxy) is 1. The highest BCUT2D eigenvalue weighted by atomic mass is 16.5. The molecule has 1 amide bonds. The lowest BCUT2D eigenvalue weighted by molar-refractivity contribution is -0.136. The van der Waals surface area contributed by atoms with E-state index in [1.807, 2.05) is 6.92 Å². The SMILES string of the molecule is CCOC1CC(N(C)C(=O)c2nccnc2N)C1(C)C. The molecule has 0 aromatic carbocycles. The number of hydrogen-bond acceptors (Lipinski definition) is 5. The predicted molar refractivity (Wildman–Crippen MR) is 76.1 cm³/mol. The van der Waals surface area contributed by atoms with E-state index in [2.05, 4.69) is 23.8 Å². The Morgan fingerprint density at radius 3 is 2.70 bits per heavy atom. The molecular formula is C14H22N4O2. The molecule has 110 valence electrons. The van der Waals surface area contributed by atoms with Gasteiger partial charge in [0.2, 0.25) is 0 Å². The van der Waals surface area contributed by atoms with Gasteiger partial charge in [-0.05, 0) is 13.3 Å². The van der Waals surface area contributed by atoms with Crippen LogP contribution in [0.3, 0.4) is 0 Å². The third-order valence-corrected chi connectivity index (χ3v) is 4.21. The molecule has 0 radical (unpaired) electrons. The maximum absolute atomic E-state index is 12.5. The molecule has 0 aliphatic heterocycles. The summed E-state index contributed by atoms with van der Waals surface area (Å²) in [5, 5.41) is 0. The number of nitrogens with zero attached hydrogens (tertiary/aromatic N) is 3. The van der Waals surface area contributed by atoms with Crippen molar-refractivity contribution in [2.24, 2.45) is 5.41 Å². The number of anilines is 1. The van der Waals surface area contributed by atoms with Crippen molar-refractivity contribution in [1.29, 1.82) is 0 Å². The van der Waals surface area contributed by atoms with Gasteiger partial charge in [-0.1, -0.05) is 13.8 Å². The highest BCUT2D eigenvalue weighted by molar-refractivity contribution is 5.96. The van der Waals surface area contributed by atoms with Crippen molar-refractivity contribution in [3.05, 3.63) is 18.1 Å². The third-order valence-electron chi connectivity index (χ3n) is 4.21. The minimum atomic E-state index is -0.191. The Kier molecular flexibility index (Phi) is 3.94. The average molecular weight is 278 g/mol. The molecule has 1 aliphatic carbocycles. The first-order valence-electron chi connectivity index (χ1n) is 6.84. The number of nitrogen functional groups attached to an aromatic ring is 1. The Morgan fingerprint density at radius 2 is 2.15 bits per heavy atom. The van der Waals surface area contributed by atoms with Crippen LogP contribution in [0.5, 0.6) is 0 Å². The molecule has 6 heteroatoms. The normalized spacial score (nSPS) is 24.0. The lowest BCUT2D eigenvalue weighted by Crippen LogP contribution is -2.62. The maximum atomic E-state index is 12.5. The van der Waals surface area contributed by atoms with Crippen LogP contribution in [-0.2, 0) is 4.74 Å². The van der Waals surface area contributed by atoms with Gasteiger partial charge in [-0.25, -0.2) is 9.97 Å². The van der Waals surface area contributed by atoms with Crippen LogP contribution in [0, 0.1) is 5.41 Å². The van der Waals surface area contributed by atoms with Crippen molar-refractivity contribution < 1.29 is 9.53 Å². The quantitative estimate of drug-likeness (QED) is 0.898. The Bertz CT molecular complexity index is 504. The van der Waals surface area contributed by atoms with Gasteiger partial charge in [0.05, 0.1) is 6.10 Å². The summed E-state index contributed by atoms with van der Waals surface area (Å²) >= 11 is 0. The molecule has 1 saturated carbocycles. The second-order valence-electron chi connectivity index (χ2n) is 5.72. The van der Waals surface area contributed by atoms with E-state index in [-0.39, 0.29) is 35.0 Å². The smallest absolute Gasteiger partial charge is 0.276 e. The number of carbonyl (C=O) groups is 1. The molecule has 0 bridgehead atoms. The Labute approximate surface area is 119 Å². The molecule has 0 saturated heterocycles. The summed E-state index contributed by atoms with van der Waals surface area (Å²) in [5.41, 5.74) is 5.86. The number of nitrogens with two attached hydrogens (primary N) is 1. The Balaban J connectivity index is 2.12. The summed E-state index contributed by atoms with van der Waals surface area (Å²) in [7, 11) is 1.78. The lowest BCUT2D eigenvalue weighted by atomic mass is 9.63. The molecule has 1 aromatic rings. The van der Waals surface area contributed by atoms with Gasteiger partial charge >= 0.3 is 0 Å². The topological polar surface area (TPSA) is 81.3 Å². The number of amides is 1. The van der Waals surface area contributed by atoms with Crippen LogP contribution < -0.4 is 5.73 Å². The molecule has 6 nitrogen and oxygen atoms in total. The maximum Gasteiger partial charge on any atom is 0.276 e. The van der Waals surface area contributed by atoms with E-state index in [9.17, 15) is 4.79 Å². The highest BCUT2D eigenvalue weighted by Gasteiger charge is 2.52. The van der Waals surface area contributed by atoms with E-state index >= 15 is 0 Å². The van der Waals surface area contributed by atoms with E-state index in [1.165, 1.54) is 12.4 Å². The van der Waals surface area contributed by atoms with Crippen molar-refractivity contribution in [3.8, 4) is 0 Å². The standard InChI is InChI=1S/C14H22N4O2/c1-5-20-10-8-9(14(10,2)3)18(4)13(19)11-12(15)17-7-6-16-11/h6-7,9-10H,5,8H2,1-4H3,(H2,15,17). The predicted octanol–water partition coefficient (Wildman–Crippen LogP) is 1.33. The van der Waals surface area contributed by atoms with Crippen LogP contribution in [-0.4, -0.2) is 46.6 Å². The monoisotopic (exact) mass is 278 g/mol. The van der Waals surface area contributed by atoms with E-state index in [4.69, 9.17) is 10.5 Å². The average Bonchev–Trinajstić information content (AvgIpc) is 2.42. The van der Waals surface area contributed by atoms with Crippen LogP contribution in [0.15, 0.2) is 12.4 Å². The number of carbonyl (C=O) groups excluding carboxylic acids is 1. The van der Waals surface area contributed by atoms with E-state index < -0.39 is 0 Å².